The number of rotatable bonds is 1. The molecule has 1 aliphatic rings. The van der Waals surface area contributed by atoms with E-state index in [1.54, 1.807) is 11.0 Å². The van der Waals surface area contributed by atoms with E-state index in [4.69, 9.17) is 11.6 Å². The molecule has 18 heavy (non-hydrogen) atoms. The summed E-state index contributed by atoms with van der Waals surface area (Å²) >= 11 is 8.34. The average molecular weight is 370 g/mol. The third kappa shape index (κ3) is 1.91. The molecule has 3 rings (SSSR count). The van der Waals surface area contributed by atoms with Gasteiger partial charge in [0.2, 0.25) is 0 Å². The second-order valence-electron chi connectivity index (χ2n) is 4.15. The van der Waals surface area contributed by atoms with Gasteiger partial charge in [0.25, 0.3) is 5.91 Å². The number of hydrogen-bond donors (Lipinski definition) is 0. The van der Waals surface area contributed by atoms with Crippen LogP contribution < -0.4 is 4.90 Å². The van der Waals surface area contributed by atoms with E-state index in [-0.39, 0.29) is 5.91 Å². The molecule has 0 unspecified atom stereocenters. The Morgan fingerprint density at radius 2 is 1.94 bits per heavy atom. The molecule has 2 aromatic rings. The van der Waals surface area contributed by atoms with Gasteiger partial charge < -0.3 is 4.90 Å². The Morgan fingerprint density at radius 1 is 1.17 bits per heavy atom. The van der Waals surface area contributed by atoms with Crippen LogP contribution in [0.4, 0.5) is 5.69 Å². The van der Waals surface area contributed by atoms with Crippen LogP contribution >= 0.6 is 34.2 Å². The van der Waals surface area contributed by atoms with Crippen molar-refractivity contribution < 1.29 is 4.79 Å². The molecule has 0 N–H and O–H groups in total. The van der Waals surface area contributed by atoms with Crippen molar-refractivity contribution in [2.75, 3.05) is 4.90 Å². The van der Waals surface area contributed by atoms with Crippen LogP contribution in [-0.2, 0) is 6.54 Å². The van der Waals surface area contributed by atoms with Gasteiger partial charge in [-0.05, 0) is 52.4 Å². The minimum atomic E-state index is -0.0161. The molecule has 0 atom stereocenters. The van der Waals surface area contributed by atoms with Crippen molar-refractivity contribution in [3.05, 3.63) is 62.2 Å². The summed E-state index contributed by atoms with van der Waals surface area (Å²) in [7, 11) is 0. The molecule has 90 valence electrons. The summed E-state index contributed by atoms with van der Waals surface area (Å²) in [5.41, 5.74) is 2.54. The smallest absolute Gasteiger partial charge is 0.260 e. The van der Waals surface area contributed by atoms with Crippen LogP contribution in [0.3, 0.4) is 0 Å². The number of fused-ring (bicyclic) bond motifs is 1. The highest BCUT2D eigenvalue weighted by Crippen LogP contribution is 2.32. The summed E-state index contributed by atoms with van der Waals surface area (Å²) in [5.74, 6) is -0.0161. The van der Waals surface area contributed by atoms with Crippen LogP contribution in [0.1, 0.15) is 15.9 Å². The minimum Gasteiger partial charge on any atom is -0.304 e. The van der Waals surface area contributed by atoms with Gasteiger partial charge in [-0.3, -0.25) is 4.79 Å². The number of carbonyl (C=O) groups excluding carboxylic acids is 1. The fourth-order valence-corrected chi connectivity index (χ4v) is 2.97. The van der Waals surface area contributed by atoms with Gasteiger partial charge in [-0.2, -0.15) is 0 Å². The van der Waals surface area contributed by atoms with Gasteiger partial charge in [-0.15, -0.1) is 0 Å². The largest absolute Gasteiger partial charge is 0.304 e. The summed E-state index contributed by atoms with van der Waals surface area (Å²) < 4.78 is 1.11. The summed E-state index contributed by atoms with van der Waals surface area (Å²) in [4.78, 5) is 14.1. The molecule has 0 saturated carbocycles. The average Bonchev–Trinajstić information content (AvgIpc) is 2.68. The number of carbonyl (C=O) groups is 1. The first-order chi connectivity index (χ1) is 8.66. The van der Waals surface area contributed by atoms with E-state index >= 15 is 0 Å². The zero-order chi connectivity index (χ0) is 12.7. The van der Waals surface area contributed by atoms with Crippen LogP contribution in [0, 0.1) is 3.57 Å². The van der Waals surface area contributed by atoms with E-state index in [0.717, 1.165) is 14.8 Å². The fraction of sp³-hybridized carbons (Fsp3) is 0.0714. The van der Waals surface area contributed by atoms with Gasteiger partial charge >= 0.3 is 0 Å². The van der Waals surface area contributed by atoms with Crippen molar-refractivity contribution >= 4 is 45.8 Å². The second kappa shape index (κ2) is 4.55. The number of benzene rings is 2. The first-order valence-electron chi connectivity index (χ1n) is 5.51. The van der Waals surface area contributed by atoms with E-state index in [1.165, 1.54) is 0 Å². The van der Waals surface area contributed by atoms with Crippen LogP contribution in [0.25, 0.3) is 0 Å². The van der Waals surface area contributed by atoms with Crippen molar-refractivity contribution in [1.82, 2.24) is 0 Å². The Morgan fingerprint density at radius 3 is 2.67 bits per heavy atom. The van der Waals surface area contributed by atoms with Crippen molar-refractivity contribution in [2.45, 2.75) is 6.54 Å². The summed E-state index contributed by atoms with van der Waals surface area (Å²) in [5, 5.41) is 0.533. The Bertz CT molecular complexity index is 641. The molecule has 0 aromatic heterocycles. The Kier molecular flexibility index (Phi) is 3.03. The molecule has 0 bridgehead atoms. The molecule has 4 heteroatoms. The summed E-state index contributed by atoms with van der Waals surface area (Å²) in [6.07, 6.45) is 0. The molecule has 0 radical (unpaired) electrons. The lowest BCUT2D eigenvalue weighted by atomic mass is 10.1. The Hall–Kier alpha value is -1.07. The Balaban J connectivity index is 2.05. The predicted octanol–water partition coefficient (Wildman–Crippen LogP) is 4.11. The number of halogens is 2. The quantitative estimate of drug-likeness (QED) is 0.693. The zero-order valence-electron chi connectivity index (χ0n) is 9.36. The SMILES string of the molecule is O=C1c2c(Cl)cccc2CN1c1cccc(I)c1. The molecule has 0 saturated heterocycles. The standard InChI is InChI=1S/C14H9ClINO/c15-12-6-1-3-9-8-17(14(18)13(9)12)11-5-2-4-10(16)7-11/h1-7H,8H2. The maximum atomic E-state index is 12.4. The lowest BCUT2D eigenvalue weighted by molar-refractivity contribution is 0.0997. The van der Waals surface area contributed by atoms with Crippen molar-refractivity contribution in [1.29, 1.82) is 0 Å². The topological polar surface area (TPSA) is 20.3 Å². The van der Waals surface area contributed by atoms with Crippen LogP contribution in [0.2, 0.25) is 5.02 Å². The lowest BCUT2D eigenvalue weighted by Gasteiger charge is -2.15. The maximum absolute atomic E-state index is 12.4. The third-order valence-electron chi connectivity index (χ3n) is 3.01. The first kappa shape index (κ1) is 12.0. The van der Waals surface area contributed by atoms with Gasteiger partial charge in [-0.25, -0.2) is 0 Å². The molecule has 1 heterocycles. The normalized spacial score (nSPS) is 13.9. The fourth-order valence-electron chi connectivity index (χ4n) is 2.17. The predicted molar refractivity (Wildman–Crippen MR) is 81.1 cm³/mol. The van der Waals surface area contributed by atoms with E-state index < -0.39 is 0 Å². The van der Waals surface area contributed by atoms with Gasteiger partial charge in [0.15, 0.2) is 0 Å². The maximum Gasteiger partial charge on any atom is 0.260 e. The van der Waals surface area contributed by atoms with Crippen molar-refractivity contribution in [3.63, 3.8) is 0 Å². The summed E-state index contributed by atoms with van der Waals surface area (Å²) in [6, 6.07) is 13.5. The molecular weight excluding hydrogens is 361 g/mol. The van der Waals surface area contributed by atoms with Gasteiger partial charge in [0, 0.05) is 9.26 Å². The van der Waals surface area contributed by atoms with E-state index in [9.17, 15) is 4.79 Å². The van der Waals surface area contributed by atoms with Gasteiger partial charge in [0.05, 0.1) is 17.1 Å². The molecule has 2 nitrogen and oxygen atoms in total. The van der Waals surface area contributed by atoms with Gasteiger partial charge in [-0.1, -0.05) is 29.8 Å². The highest BCUT2D eigenvalue weighted by atomic mass is 127. The molecule has 0 spiro atoms. The molecule has 2 aromatic carbocycles. The highest BCUT2D eigenvalue weighted by molar-refractivity contribution is 14.1. The molecule has 0 fully saturated rings. The second-order valence-corrected chi connectivity index (χ2v) is 5.80. The summed E-state index contributed by atoms with van der Waals surface area (Å²) in [6.45, 7) is 0.592. The lowest BCUT2D eigenvalue weighted by Crippen LogP contribution is -2.23. The zero-order valence-corrected chi connectivity index (χ0v) is 12.3. The third-order valence-corrected chi connectivity index (χ3v) is 3.99. The molecule has 1 amide bonds. The highest BCUT2D eigenvalue weighted by Gasteiger charge is 2.30. The number of amides is 1. The van der Waals surface area contributed by atoms with Crippen LogP contribution in [-0.4, -0.2) is 5.91 Å². The minimum absolute atomic E-state index is 0.0161. The number of hydrogen-bond acceptors (Lipinski definition) is 1. The Labute approximate surface area is 124 Å². The molecule has 0 aliphatic carbocycles. The monoisotopic (exact) mass is 369 g/mol. The molecular formula is C14H9ClINO. The van der Waals surface area contributed by atoms with Crippen LogP contribution in [0.5, 0.6) is 0 Å². The van der Waals surface area contributed by atoms with Crippen molar-refractivity contribution in [2.24, 2.45) is 0 Å². The van der Waals surface area contributed by atoms with Crippen molar-refractivity contribution in [3.8, 4) is 0 Å². The first-order valence-corrected chi connectivity index (χ1v) is 6.97. The van der Waals surface area contributed by atoms with E-state index in [2.05, 4.69) is 22.6 Å². The van der Waals surface area contributed by atoms with E-state index in [1.807, 2.05) is 36.4 Å². The van der Waals surface area contributed by atoms with Crippen LogP contribution in [0.15, 0.2) is 42.5 Å². The molecule has 1 aliphatic heterocycles. The number of anilines is 1. The number of nitrogens with zero attached hydrogens (tertiary/aromatic N) is 1. The van der Waals surface area contributed by atoms with E-state index in [0.29, 0.717) is 17.1 Å². The van der Waals surface area contributed by atoms with Gasteiger partial charge in [0.1, 0.15) is 0 Å².